The van der Waals surface area contributed by atoms with Gasteiger partial charge in [0.05, 0.1) is 11.5 Å². The SMILES string of the molecule is Cc1cc(NC(=O)CSCC(=O)N[C@H](C(=O)O)C(C)C)no1. The maximum absolute atomic E-state index is 11.7. The summed E-state index contributed by atoms with van der Waals surface area (Å²) in [5, 5.41) is 17.5. The van der Waals surface area contributed by atoms with Gasteiger partial charge in [0.15, 0.2) is 5.82 Å². The molecule has 1 atom stereocenters. The van der Waals surface area contributed by atoms with Gasteiger partial charge >= 0.3 is 5.97 Å². The molecule has 0 bridgehead atoms. The molecule has 8 nitrogen and oxygen atoms in total. The summed E-state index contributed by atoms with van der Waals surface area (Å²) in [5.74, 6) is -1.08. The first-order valence-electron chi connectivity index (χ1n) is 6.62. The van der Waals surface area contributed by atoms with Gasteiger partial charge in [-0.3, -0.25) is 9.59 Å². The summed E-state index contributed by atoms with van der Waals surface area (Å²) in [7, 11) is 0. The summed E-state index contributed by atoms with van der Waals surface area (Å²) >= 11 is 1.09. The number of carbonyl (C=O) groups is 3. The molecule has 0 aliphatic rings. The van der Waals surface area contributed by atoms with E-state index in [1.165, 1.54) is 0 Å². The quantitative estimate of drug-likeness (QED) is 0.647. The standard InChI is InChI=1S/C13H19N3O5S/c1-7(2)12(13(19)20)15-11(18)6-22-5-10(17)14-9-4-8(3)21-16-9/h4,7,12H,5-6H2,1-3H3,(H,15,18)(H,19,20)(H,14,16,17)/t12-/m0/s1. The van der Waals surface area contributed by atoms with Gasteiger partial charge in [0.2, 0.25) is 11.8 Å². The fraction of sp³-hybridized carbons (Fsp3) is 0.538. The summed E-state index contributed by atoms with van der Waals surface area (Å²) < 4.78 is 4.81. The summed E-state index contributed by atoms with van der Waals surface area (Å²) in [4.78, 5) is 34.2. The van der Waals surface area contributed by atoms with Crippen LogP contribution >= 0.6 is 11.8 Å². The van der Waals surface area contributed by atoms with Gasteiger partial charge < -0.3 is 20.3 Å². The van der Waals surface area contributed by atoms with Gasteiger partial charge in [-0.1, -0.05) is 19.0 Å². The second-order valence-electron chi connectivity index (χ2n) is 4.99. The lowest BCUT2D eigenvalue weighted by Crippen LogP contribution is -2.45. The molecule has 0 saturated carbocycles. The number of nitrogens with zero attached hydrogens (tertiary/aromatic N) is 1. The van der Waals surface area contributed by atoms with Crippen LogP contribution in [0.25, 0.3) is 0 Å². The molecule has 1 aromatic heterocycles. The number of aromatic nitrogens is 1. The van der Waals surface area contributed by atoms with Gasteiger partial charge in [0, 0.05) is 6.07 Å². The van der Waals surface area contributed by atoms with E-state index in [4.69, 9.17) is 9.63 Å². The number of hydrogen-bond acceptors (Lipinski definition) is 6. The number of carboxylic acids is 1. The average molecular weight is 329 g/mol. The number of hydrogen-bond donors (Lipinski definition) is 3. The van der Waals surface area contributed by atoms with E-state index in [9.17, 15) is 14.4 Å². The van der Waals surface area contributed by atoms with Crippen molar-refractivity contribution in [3.05, 3.63) is 11.8 Å². The van der Waals surface area contributed by atoms with Crippen molar-refractivity contribution in [3.8, 4) is 0 Å². The highest BCUT2D eigenvalue weighted by atomic mass is 32.2. The number of nitrogens with one attached hydrogen (secondary N) is 2. The summed E-state index contributed by atoms with van der Waals surface area (Å²) in [6.45, 7) is 5.12. The summed E-state index contributed by atoms with van der Waals surface area (Å²) in [6, 6.07) is 0.648. The highest BCUT2D eigenvalue weighted by Gasteiger charge is 2.23. The highest BCUT2D eigenvalue weighted by Crippen LogP contribution is 2.09. The minimum absolute atomic E-state index is 0.00175. The molecule has 22 heavy (non-hydrogen) atoms. The van der Waals surface area contributed by atoms with E-state index in [1.54, 1.807) is 26.8 Å². The zero-order valence-electron chi connectivity index (χ0n) is 12.6. The average Bonchev–Trinajstić information content (AvgIpc) is 2.80. The molecule has 122 valence electrons. The van der Waals surface area contributed by atoms with Crippen LogP contribution in [-0.4, -0.2) is 45.6 Å². The molecule has 9 heteroatoms. The van der Waals surface area contributed by atoms with Crippen LogP contribution in [0.3, 0.4) is 0 Å². The third-order valence-electron chi connectivity index (χ3n) is 2.61. The van der Waals surface area contributed by atoms with Crippen LogP contribution in [0.5, 0.6) is 0 Å². The minimum Gasteiger partial charge on any atom is -0.480 e. The van der Waals surface area contributed by atoms with Crippen LogP contribution in [-0.2, 0) is 14.4 Å². The van der Waals surface area contributed by atoms with Gasteiger partial charge in [-0.2, -0.15) is 0 Å². The van der Waals surface area contributed by atoms with E-state index in [0.29, 0.717) is 11.6 Å². The molecule has 0 spiro atoms. The van der Waals surface area contributed by atoms with Gasteiger partial charge in [0.1, 0.15) is 11.8 Å². The maximum Gasteiger partial charge on any atom is 0.326 e. The second-order valence-corrected chi connectivity index (χ2v) is 5.98. The van der Waals surface area contributed by atoms with Crippen molar-refractivity contribution in [3.63, 3.8) is 0 Å². The molecule has 2 amide bonds. The van der Waals surface area contributed by atoms with E-state index in [1.807, 2.05) is 0 Å². The lowest BCUT2D eigenvalue weighted by Gasteiger charge is -2.17. The number of thioether (sulfide) groups is 1. The third kappa shape index (κ3) is 6.17. The molecule has 0 aromatic carbocycles. The predicted molar refractivity (Wildman–Crippen MR) is 81.6 cm³/mol. The fourth-order valence-corrected chi connectivity index (χ4v) is 2.20. The molecule has 0 aliphatic carbocycles. The predicted octanol–water partition coefficient (Wildman–Crippen LogP) is 0.880. The second kappa shape index (κ2) is 8.42. The van der Waals surface area contributed by atoms with Gasteiger partial charge in [-0.25, -0.2) is 4.79 Å². The number of anilines is 1. The van der Waals surface area contributed by atoms with Crippen LogP contribution in [0.1, 0.15) is 19.6 Å². The Balaban J connectivity index is 2.29. The van der Waals surface area contributed by atoms with E-state index < -0.39 is 17.9 Å². The Kier molecular flexibility index (Phi) is 6.90. The molecule has 0 fully saturated rings. The van der Waals surface area contributed by atoms with E-state index in [-0.39, 0.29) is 23.3 Å². The summed E-state index contributed by atoms with van der Waals surface area (Å²) in [5.41, 5.74) is 0. The van der Waals surface area contributed by atoms with E-state index >= 15 is 0 Å². The van der Waals surface area contributed by atoms with Crippen molar-refractivity contribution >= 4 is 35.4 Å². The maximum atomic E-state index is 11.7. The van der Waals surface area contributed by atoms with Crippen molar-refractivity contribution in [2.45, 2.75) is 26.8 Å². The monoisotopic (exact) mass is 329 g/mol. The van der Waals surface area contributed by atoms with Gasteiger partial charge in [-0.15, -0.1) is 11.8 Å². The Labute approximate surface area is 132 Å². The molecule has 0 unspecified atom stereocenters. The molecule has 0 radical (unpaired) electrons. The first kappa shape index (κ1) is 18.0. The molecule has 0 aliphatic heterocycles. The molecule has 0 saturated heterocycles. The lowest BCUT2D eigenvalue weighted by molar-refractivity contribution is -0.142. The van der Waals surface area contributed by atoms with Crippen LogP contribution in [0.15, 0.2) is 10.6 Å². The Morgan fingerprint density at radius 1 is 1.32 bits per heavy atom. The third-order valence-corrected chi connectivity index (χ3v) is 3.54. The van der Waals surface area contributed by atoms with Crippen molar-refractivity contribution in [1.82, 2.24) is 10.5 Å². The first-order valence-corrected chi connectivity index (χ1v) is 7.78. The van der Waals surface area contributed by atoms with Gasteiger partial charge in [0.25, 0.3) is 0 Å². The first-order chi connectivity index (χ1) is 10.3. The Morgan fingerprint density at radius 2 is 1.95 bits per heavy atom. The highest BCUT2D eigenvalue weighted by molar-refractivity contribution is 8.00. The number of aryl methyl sites for hydroxylation is 1. The fourth-order valence-electron chi connectivity index (χ4n) is 1.57. The lowest BCUT2D eigenvalue weighted by atomic mass is 10.1. The molecular formula is C13H19N3O5S. The molecule has 1 heterocycles. The molecular weight excluding hydrogens is 310 g/mol. The van der Waals surface area contributed by atoms with Gasteiger partial charge in [-0.05, 0) is 12.8 Å². The van der Waals surface area contributed by atoms with Crippen LogP contribution < -0.4 is 10.6 Å². The number of rotatable bonds is 8. The number of aliphatic carboxylic acids is 1. The topological polar surface area (TPSA) is 122 Å². The Morgan fingerprint density at radius 3 is 2.45 bits per heavy atom. The minimum atomic E-state index is -1.08. The molecule has 1 rings (SSSR count). The largest absolute Gasteiger partial charge is 0.480 e. The van der Waals surface area contributed by atoms with E-state index in [0.717, 1.165) is 11.8 Å². The van der Waals surface area contributed by atoms with Crippen molar-refractivity contribution in [2.75, 3.05) is 16.8 Å². The zero-order chi connectivity index (χ0) is 16.7. The van der Waals surface area contributed by atoms with Crippen molar-refractivity contribution < 1.29 is 24.0 Å². The Hall–Kier alpha value is -2.03. The number of amides is 2. The normalized spacial score (nSPS) is 12.0. The summed E-state index contributed by atoms with van der Waals surface area (Å²) in [6.07, 6.45) is 0. The van der Waals surface area contributed by atoms with Crippen LogP contribution in [0, 0.1) is 12.8 Å². The van der Waals surface area contributed by atoms with Crippen LogP contribution in [0.2, 0.25) is 0 Å². The van der Waals surface area contributed by atoms with E-state index in [2.05, 4.69) is 15.8 Å². The molecule has 1 aromatic rings. The van der Waals surface area contributed by atoms with Crippen molar-refractivity contribution in [1.29, 1.82) is 0 Å². The molecule has 3 N–H and O–H groups in total. The Bertz CT molecular complexity index is 544. The van der Waals surface area contributed by atoms with Crippen molar-refractivity contribution in [2.24, 2.45) is 5.92 Å². The zero-order valence-corrected chi connectivity index (χ0v) is 13.4. The number of carbonyl (C=O) groups excluding carboxylic acids is 2. The smallest absolute Gasteiger partial charge is 0.326 e. The van der Waals surface area contributed by atoms with Crippen LogP contribution in [0.4, 0.5) is 5.82 Å². The number of carboxylic acid groups (broad SMARTS) is 1.